The van der Waals surface area contributed by atoms with Gasteiger partial charge in [0.25, 0.3) is 0 Å². The number of halogens is 1. The van der Waals surface area contributed by atoms with Gasteiger partial charge in [-0.3, -0.25) is 0 Å². The molecule has 5 nitrogen and oxygen atoms in total. The Morgan fingerprint density at radius 3 is 2.40 bits per heavy atom. The molecule has 0 amide bonds. The molecule has 0 bridgehead atoms. The summed E-state index contributed by atoms with van der Waals surface area (Å²) in [6, 6.07) is 19.4. The standard InChI is InChI=1S/C24H16FNO4/c1-15-4-2-3-5-20(15)23(27)29-19-12-6-16(7-13-19)14-21-24(28)30-22(26-21)17-8-10-18(25)11-9-17/h2-14H,1H3. The van der Waals surface area contributed by atoms with Gasteiger partial charge in [0.05, 0.1) is 5.56 Å². The second kappa shape index (κ2) is 8.13. The van der Waals surface area contributed by atoms with Crippen molar-refractivity contribution in [1.29, 1.82) is 0 Å². The minimum Gasteiger partial charge on any atom is -0.423 e. The van der Waals surface area contributed by atoms with E-state index in [1.807, 2.05) is 19.1 Å². The molecular weight excluding hydrogens is 385 g/mol. The van der Waals surface area contributed by atoms with Crippen molar-refractivity contribution in [2.45, 2.75) is 6.92 Å². The fourth-order valence-electron chi connectivity index (χ4n) is 2.88. The molecule has 148 valence electrons. The van der Waals surface area contributed by atoms with Gasteiger partial charge in [-0.2, -0.15) is 0 Å². The molecule has 0 unspecified atom stereocenters. The summed E-state index contributed by atoms with van der Waals surface area (Å²) < 4.78 is 23.6. The van der Waals surface area contributed by atoms with Gasteiger partial charge in [0, 0.05) is 5.56 Å². The predicted molar refractivity (Wildman–Crippen MR) is 110 cm³/mol. The maximum absolute atomic E-state index is 13.1. The van der Waals surface area contributed by atoms with Gasteiger partial charge >= 0.3 is 11.9 Å². The molecule has 4 rings (SSSR count). The van der Waals surface area contributed by atoms with Crippen LogP contribution in [0.1, 0.15) is 27.0 Å². The zero-order valence-electron chi connectivity index (χ0n) is 16.0. The monoisotopic (exact) mass is 401 g/mol. The van der Waals surface area contributed by atoms with Crippen molar-refractivity contribution < 1.29 is 23.5 Å². The zero-order valence-corrected chi connectivity index (χ0v) is 16.0. The third kappa shape index (κ3) is 4.17. The third-order valence-electron chi connectivity index (χ3n) is 4.47. The summed E-state index contributed by atoms with van der Waals surface area (Å²) in [5, 5.41) is 0. The number of carbonyl (C=O) groups is 2. The lowest BCUT2D eigenvalue weighted by Crippen LogP contribution is -2.09. The molecule has 1 aliphatic heterocycles. The highest BCUT2D eigenvalue weighted by molar-refractivity contribution is 6.12. The molecule has 6 heteroatoms. The molecule has 3 aromatic carbocycles. The first-order valence-corrected chi connectivity index (χ1v) is 9.16. The molecule has 3 aromatic rings. The topological polar surface area (TPSA) is 65.0 Å². The molecule has 0 aromatic heterocycles. The summed E-state index contributed by atoms with van der Waals surface area (Å²) in [5.41, 5.74) is 2.64. The van der Waals surface area contributed by atoms with Crippen LogP contribution in [-0.4, -0.2) is 17.8 Å². The SMILES string of the molecule is Cc1ccccc1C(=O)Oc1ccc(C=C2N=C(c3ccc(F)cc3)OC2=O)cc1. The molecule has 1 heterocycles. The molecule has 0 spiro atoms. The number of rotatable bonds is 4. The molecule has 30 heavy (non-hydrogen) atoms. The lowest BCUT2D eigenvalue weighted by molar-refractivity contribution is -0.129. The van der Waals surface area contributed by atoms with E-state index in [0.29, 0.717) is 22.4 Å². The summed E-state index contributed by atoms with van der Waals surface area (Å²) in [6.07, 6.45) is 1.56. The minimum atomic E-state index is -0.593. The maximum atomic E-state index is 13.1. The molecule has 0 N–H and O–H groups in total. The number of esters is 2. The van der Waals surface area contributed by atoms with E-state index < -0.39 is 11.9 Å². The number of carbonyl (C=O) groups excluding carboxylic acids is 2. The summed E-state index contributed by atoms with van der Waals surface area (Å²) in [5.74, 6) is -0.913. The lowest BCUT2D eigenvalue weighted by Gasteiger charge is -2.06. The van der Waals surface area contributed by atoms with Gasteiger partial charge in [0.2, 0.25) is 5.90 Å². The number of ether oxygens (including phenoxy) is 2. The largest absolute Gasteiger partial charge is 0.423 e. The van der Waals surface area contributed by atoms with Crippen LogP contribution in [0.3, 0.4) is 0 Å². The Morgan fingerprint density at radius 2 is 1.70 bits per heavy atom. The van der Waals surface area contributed by atoms with Crippen LogP contribution >= 0.6 is 0 Å². The molecule has 0 saturated carbocycles. The van der Waals surface area contributed by atoms with E-state index in [0.717, 1.165) is 5.56 Å². The smallest absolute Gasteiger partial charge is 0.363 e. The van der Waals surface area contributed by atoms with Crippen LogP contribution in [-0.2, 0) is 9.53 Å². The van der Waals surface area contributed by atoms with Crippen molar-refractivity contribution in [3.63, 3.8) is 0 Å². The summed E-state index contributed by atoms with van der Waals surface area (Å²) in [6.45, 7) is 1.84. The fourth-order valence-corrected chi connectivity index (χ4v) is 2.88. The van der Waals surface area contributed by atoms with Crippen molar-refractivity contribution in [2.24, 2.45) is 4.99 Å². The molecule has 0 atom stereocenters. The second-order valence-corrected chi connectivity index (χ2v) is 6.62. The zero-order chi connectivity index (χ0) is 21.1. The Hall–Kier alpha value is -4.06. The van der Waals surface area contributed by atoms with E-state index in [1.54, 1.807) is 42.5 Å². The van der Waals surface area contributed by atoms with E-state index >= 15 is 0 Å². The summed E-state index contributed by atoms with van der Waals surface area (Å²) in [7, 11) is 0. The number of benzene rings is 3. The molecule has 1 aliphatic rings. The number of aryl methyl sites for hydroxylation is 1. The van der Waals surface area contributed by atoms with E-state index in [-0.39, 0.29) is 17.4 Å². The first-order chi connectivity index (χ1) is 14.5. The van der Waals surface area contributed by atoms with E-state index in [4.69, 9.17) is 9.47 Å². The van der Waals surface area contributed by atoms with Crippen molar-refractivity contribution in [3.05, 3.63) is 107 Å². The van der Waals surface area contributed by atoms with Crippen LogP contribution in [0, 0.1) is 12.7 Å². The highest BCUT2D eigenvalue weighted by Crippen LogP contribution is 2.21. The number of hydrogen-bond acceptors (Lipinski definition) is 5. The van der Waals surface area contributed by atoms with Crippen molar-refractivity contribution in [1.82, 2.24) is 0 Å². The summed E-state index contributed by atoms with van der Waals surface area (Å²) in [4.78, 5) is 28.6. The number of hydrogen-bond donors (Lipinski definition) is 0. The Kier molecular flexibility index (Phi) is 5.22. The van der Waals surface area contributed by atoms with Gasteiger partial charge < -0.3 is 9.47 Å². The van der Waals surface area contributed by atoms with Gasteiger partial charge in [-0.05, 0) is 66.6 Å². The van der Waals surface area contributed by atoms with Crippen LogP contribution in [0.25, 0.3) is 6.08 Å². The Balaban J connectivity index is 1.49. The predicted octanol–water partition coefficient (Wildman–Crippen LogP) is 4.70. The van der Waals surface area contributed by atoms with Crippen LogP contribution < -0.4 is 4.74 Å². The average molecular weight is 401 g/mol. The fraction of sp³-hybridized carbons (Fsp3) is 0.0417. The number of cyclic esters (lactones) is 1. The van der Waals surface area contributed by atoms with Crippen molar-refractivity contribution in [2.75, 3.05) is 0 Å². The highest BCUT2D eigenvalue weighted by Gasteiger charge is 2.24. The average Bonchev–Trinajstić information content (AvgIpc) is 3.10. The van der Waals surface area contributed by atoms with Gasteiger partial charge in [-0.15, -0.1) is 0 Å². The van der Waals surface area contributed by atoms with Crippen molar-refractivity contribution >= 4 is 23.9 Å². The second-order valence-electron chi connectivity index (χ2n) is 6.62. The van der Waals surface area contributed by atoms with Gasteiger partial charge in [-0.1, -0.05) is 30.3 Å². The molecular formula is C24H16FNO4. The van der Waals surface area contributed by atoms with E-state index in [9.17, 15) is 14.0 Å². The molecule has 0 aliphatic carbocycles. The molecule has 0 fully saturated rings. The third-order valence-corrected chi connectivity index (χ3v) is 4.47. The maximum Gasteiger partial charge on any atom is 0.363 e. The van der Waals surface area contributed by atoms with Crippen LogP contribution in [0.2, 0.25) is 0 Å². The van der Waals surface area contributed by atoms with E-state index in [1.165, 1.54) is 24.3 Å². The quantitative estimate of drug-likeness (QED) is 0.361. The van der Waals surface area contributed by atoms with Gasteiger partial charge in [0.15, 0.2) is 5.70 Å². The van der Waals surface area contributed by atoms with Crippen LogP contribution in [0.4, 0.5) is 4.39 Å². The number of nitrogens with zero attached hydrogens (tertiary/aromatic N) is 1. The van der Waals surface area contributed by atoms with Crippen LogP contribution in [0.15, 0.2) is 83.5 Å². The van der Waals surface area contributed by atoms with Gasteiger partial charge in [-0.25, -0.2) is 19.0 Å². The van der Waals surface area contributed by atoms with Gasteiger partial charge in [0.1, 0.15) is 11.6 Å². The Labute approximate surface area is 172 Å². The van der Waals surface area contributed by atoms with E-state index in [2.05, 4.69) is 4.99 Å². The normalized spacial score (nSPS) is 14.4. The Morgan fingerprint density at radius 1 is 1.00 bits per heavy atom. The first-order valence-electron chi connectivity index (χ1n) is 9.16. The Bertz CT molecular complexity index is 1180. The summed E-state index contributed by atoms with van der Waals surface area (Å²) >= 11 is 0. The molecule has 0 radical (unpaired) electrons. The lowest BCUT2D eigenvalue weighted by atomic mass is 10.1. The molecule has 0 saturated heterocycles. The van der Waals surface area contributed by atoms with Crippen molar-refractivity contribution in [3.8, 4) is 5.75 Å². The first kappa shape index (κ1) is 19.3. The number of aliphatic imine (C=N–C) groups is 1. The van der Waals surface area contributed by atoms with Crippen LogP contribution in [0.5, 0.6) is 5.75 Å². The minimum absolute atomic E-state index is 0.120. The highest BCUT2D eigenvalue weighted by atomic mass is 19.1.